The van der Waals surface area contributed by atoms with E-state index in [1.807, 2.05) is 0 Å². The Morgan fingerprint density at radius 2 is 1.12 bits per heavy atom. The van der Waals surface area contributed by atoms with Crippen molar-refractivity contribution in [3.05, 3.63) is 71.8 Å². The van der Waals surface area contributed by atoms with E-state index in [1.54, 1.807) is 88.4 Å². The second kappa shape index (κ2) is 31.1. The molecule has 2 aromatic rings. The summed E-state index contributed by atoms with van der Waals surface area (Å²) in [6.45, 7) is 8.30. The fourth-order valence-corrected chi connectivity index (χ4v) is 9.25. The predicted molar refractivity (Wildman–Crippen MR) is 285 cm³/mol. The lowest BCUT2D eigenvalue weighted by Gasteiger charge is -2.32. The minimum Gasteiger partial charge on any atom is -0.481 e. The van der Waals surface area contributed by atoms with E-state index in [0.29, 0.717) is 43.4 Å². The molecule has 2 aromatic carbocycles. The van der Waals surface area contributed by atoms with Gasteiger partial charge in [-0.05, 0) is 87.8 Å². The molecule has 9 amide bonds. The molecular weight excluding hydrogens is 1010 g/mol. The van der Waals surface area contributed by atoms with Crippen LogP contribution in [0.2, 0.25) is 0 Å². The molecule has 2 heterocycles. The first-order chi connectivity index (χ1) is 37.0. The molecule has 24 heteroatoms. The monoisotopic (exact) mass is 1090 g/mol. The first-order valence-electron chi connectivity index (χ1n) is 26.7. The molecule has 4 rings (SSSR count). The van der Waals surface area contributed by atoms with Gasteiger partial charge in [0.15, 0.2) is 0 Å². The highest BCUT2D eigenvalue weighted by atomic mass is 16.4. The van der Waals surface area contributed by atoms with Crippen LogP contribution in [-0.4, -0.2) is 166 Å². The molecule has 24 nitrogen and oxygen atoms in total. The molecule has 0 spiro atoms. The molecule has 0 aromatic heterocycles. The number of rotatable bonds is 30. The van der Waals surface area contributed by atoms with Gasteiger partial charge in [-0.2, -0.15) is 0 Å². The van der Waals surface area contributed by atoms with Crippen molar-refractivity contribution in [2.24, 2.45) is 23.3 Å². The minimum absolute atomic E-state index is 0.00510. The zero-order valence-corrected chi connectivity index (χ0v) is 45.2. The first-order valence-corrected chi connectivity index (χ1v) is 26.7. The molecule has 0 bridgehead atoms. The van der Waals surface area contributed by atoms with Gasteiger partial charge in [-0.15, -0.1) is 0 Å². The zero-order chi connectivity index (χ0) is 57.6. The Balaban J connectivity index is 1.50. The third-order valence-corrected chi connectivity index (χ3v) is 13.8. The number of amides is 9. The average molecular weight is 1090 g/mol. The molecule has 9 atom stereocenters. The van der Waals surface area contributed by atoms with E-state index in [1.165, 1.54) is 16.7 Å². The number of carbonyl (C=O) groups excluding carboxylic acids is 9. The van der Waals surface area contributed by atoms with Crippen LogP contribution in [0, 0.1) is 11.8 Å². The van der Waals surface area contributed by atoms with E-state index < -0.39 is 145 Å². The maximum Gasteiger partial charge on any atom is 0.326 e. The molecule has 0 unspecified atom stereocenters. The number of benzene rings is 2. The van der Waals surface area contributed by atoms with Crippen LogP contribution in [0.3, 0.4) is 0 Å². The van der Waals surface area contributed by atoms with Gasteiger partial charge in [0.1, 0.15) is 48.3 Å². The smallest absolute Gasteiger partial charge is 0.326 e. The molecule has 78 heavy (non-hydrogen) atoms. The first kappa shape index (κ1) is 63.1. The minimum atomic E-state index is -1.54. The molecule has 2 aliphatic rings. The Hall–Kier alpha value is -7.47. The van der Waals surface area contributed by atoms with Gasteiger partial charge in [0.2, 0.25) is 53.2 Å². The van der Waals surface area contributed by atoms with E-state index in [9.17, 15) is 63.0 Å². The molecule has 13 N–H and O–H groups in total. The highest BCUT2D eigenvalue weighted by Gasteiger charge is 2.42. The fraction of sp³-hybridized carbons (Fsp3) is 0.574. The third kappa shape index (κ3) is 19.2. The summed E-state index contributed by atoms with van der Waals surface area (Å²) in [5.41, 5.74) is 12.8. The van der Waals surface area contributed by atoms with Gasteiger partial charge in [-0.3, -0.25) is 47.9 Å². The van der Waals surface area contributed by atoms with Crippen molar-refractivity contribution >= 4 is 65.1 Å². The van der Waals surface area contributed by atoms with Crippen molar-refractivity contribution in [2.45, 2.75) is 160 Å². The molecule has 428 valence electrons. The quantitative estimate of drug-likeness (QED) is 0.0428. The lowest BCUT2D eigenvalue weighted by molar-refractivity contribution is -0.144. The number of nitrogens with two attached hydrogens (primary N) is 2. The van der Waals surface area contributed by atoms with E-state index in [4.69, 9.17) is 11.5 Å². The molecule has 0 radical (unpaired) electrons. The summed E-state index contributed by atoms with van der Waals surface area (Å²) in [5.74, 6) is -9.78. The Kier molecular flexibility index (Phi) is 25.1. The SMILES string of the molecule is CC(C)[C@H](N)C(=O)N[C@@H](C)C(=O)N1CCC[C@H]1C(=O)N[C@@H](Cc1ccccc1)C(=O)N1CCC[C@H]1C(=O)N[C@@H](CCC(=O)O)C(=O)N[C@H](C(=O)N[C@@H](Cc1ccccc1)C(=O)NCC(=O)N[C@@H](CCCCN)C(=O)O)C(C)C. The number of unbranched alkanes of at least 4 members (excludes halogenated alkanes) is 1. The summed E-state index contributed by atoms with van der Waals surface area (Å²) in [6, 6.07) is 6.77. The summed E-state index contributed by atoms with van der Waals surface area (Å²) in [4.78, 5) is 151. The molecule has 0 aliphatic carbocycles. The number of nitrogens with one attached hydrogen (secondary N) is 7. The Morgan fingerprint density at radius 3 is 1.63 bits per heavy atom. The van der Waals surface area contributed by atoms with Crippen LogP contribution in [0.4, 0.5) is 0 Å². The third-order valence-electron chi connectivity index (χ3n) is 13.8. The average Bonchev–Trinajstić information content (AvgIpc) is 4.12. The predicted octanol–water partition coefficient (Wildman–Crippen LogP) is -0.784. The number of aliphatic carboxylic acids is 2. The molecule has 2 saturated heterocycles. The van der Waals surface area contributed by atoms with Crippen molar-refractivity contribution in [2.75, 3.05) is 26.2 Å². The Bertz CT molecular complexity index is 2410. The molecule has 0 saturated carbocycles. The summed E-state index contributed by atoms with van der Waals surface area (Å²) < 4.78 is 0. The van der Waals surface area contributed by atoms with Crippen molar-refractivity contribution in [1.29, 1.82) is 0 Å². The van der Waals surface area contributed by atoms with Crippen molar-refractivity contribution in [3.8, 4) is 0 Å². The van der Waals surface area contributed by atoms with E-state index in [-0.39, 0.29) is 51.1 Å². The standard InChI is InChI=1S/C54H79N11O13/c1-31(2)44(56)50(73)58-33(5)52(75)64-26-14-21-40(64)49(72)62-39(29-35-18-10-7-11-19-35)53(76)65-27-15-22-41(65)48(71)60-36(23-24-43(67)68)47(70)63-45(32(3)4)51(74)61-38(28-34-16-8-6-9-17-34)46(69)57-30-42(66)59-37(54(77)78)20-12-13-25-55/h6-11,16-19,31-33,36-41,44-45H,12-15,20-30,55-56H2,1-5H3,(H,57,69)(H,58,73)(H,59,66)(H,60,71)(H,61,74)(H,62,72)(H,63,70)(H,67,68)(H,77,78)/t33-,36-,37-,38-,39-,40-,41-,44-,45-/m0/s1. The number of hydrogen-bond donors (Lipinski definition) is 11. The van der Waals surface area contributed by atoms with Gasteiger partial charge >= 0.3 is 11.9 Å². The van der Waals surface area contributed by atoms with Crippen LogP contribution in [0.25, 0.3) is 0 Å². The summed E-state index contributed by atoms with van der Waals surface area (Å²) in [5, 5.41) is 37.4. The van der Waals surface area contributed by atoms with Crippen LogP contribution >= 0.6 is 0 Å². The number of hydrogen-bond acceptors (Lipinski definition) is 13. The van der Waals surface area contributed by atoms with Crippen molar-refractivity contribution in [3.63, 3.8) is 0 Å². The lowest BCUT2D eigenvalue weighted by atomic mass is 10.00. The Morgan fingerprint density at radius 1 is 0.577 bits per heavy atom. The number of carboxylic acids is 2. The number of carbonyl (C=O) groups is 11. The van der Waals surface area contributed by atoms with Gasteiger partial charge in [-0.1, -0.05) is 88.4 Å². The van der Waals surface area contributed by atoms with E-state index in [0.717, 1.165) is 0 Å². The fourth-order valence-electron chi connectivity index (χ4n) is 9.25. The molecular formula is C54H79N11O13. The van der Waals surface area contributed by atoms with E-state index in [2.05, 4.69) is 37.2 Å². The van der Waals surface area contributed by atoms with Crippen LogP contribution in [0.1, 0.15) is 104 Å². The van der Waals surface area contributed by atoms with Gasteiger partial charge in [-0.25, -0.2) is 4.79 Å². The normalized spacial score (nSPS) is 17.8. The van der Waals surface area contributed by atoms with Crippen LogP contribution < -0.4 is 48.7 Å². The largest absolute Gasteiger partial charge is 0.481 e. The zero-order valence-electron chi connectivity index (χ0n) is 45.2. The second-order valence-corrected chi connectivity index (χ2v) is 20.6. The topological polar surface area (TPSA) is 371 Å². The summed E-state index contributed by atoms with van der Waals surface area (Å²) >= 11 is 0. The van der Waals surface area contributed by atoms with Crippen molar-refractivity contribution < 1.29 is 63.0 Å². The number of carboxylic acid groups (broad SMARTS) is 2. The van der Waals surface area contributed by atoms with Gasteiger partial charge in [0.05, 0.1) is 12.6 Å². The van der Waals surface area contributed by atoms with Crippen LogP contribution in [0.5, 0.6) is 0 Å². The molecule has 2 aliphatic heterocycles. The van der Waals surface area contributed by atoms with Gasteiger partial charge < -0.3 is 68.7 Å². The van der Waals surface area contributed by atoms with Gasteiger partial charge in [0, 0.05) is 32.4 Å². The maximum absolute atomic E-state index is 14.7. The lowest BCUT2D eigenvalue weighted by Crippen LogP contribution is -2.60. The highest BCUT2D eigenvalue weighted by Crippen LogP contribution is 2.23. The maximum atomic E-state index is 14.7. The number of nitrogens with zero attached hydrogens (tertiary/aromatic N) is 2. The second-order valence-electron chi connectivity index (χ2n) is 20.6. The van der Waals surface area contributed by atoms with Gasteiger partial charge in [0.25, 0.3) is 0 Å². The van der Waals surface area contributed by atoms with Crippen LogP contribution in [0.15, 0.2) is 60.7 Å². The summed E-state index contributed by atoms with van der Waals surface area (Å²) in [6.07, 6.45) is 1.29. The van der Waals surface area contributed by atoms with Crippen LogP contribution in [-0.2, 0) is 65.6 Å². The highest BCUT2D eigenvalue weighted by molar-refractivity contribution is 5.99. The summed E-state index contributed by atoms with van der Waals surface area (Å²) in [7, 11) is 0. The number of likely N-dealkylation sites (tertiary alicyclic amines) is 2. The Labute approximate surface area is 454 Å². The van der Waals surface area contributed by atoms with E-state index >= 15 is 0 Å². The molecule has 2 fully saturated rings. The van der Waals surface area contributed by atoms with Crippen molar-refractivity contribution in [1.82, 2.24) is 47.0 Å².